The molecule has 4 aromatic rings. The Labute approximate surface area is 197 Å². The Bertz CT molecular complexity index is 1170. The normalized spacial score (nSPS) is 11.0. The molecule has 4 aromatic carbocycles. The van der Waals surface area contributed by atoms with Crippen LogP contribution < -0.4 is 0 Å². The van der Waals surface area contributed by atoms with Crippen LogP contribution in [0.25, 0.3) is 0 Å². The van der Waals surface area contributed by atoms with Crippen LogP contribution >= 0.6 is 0 Å². The summed E-state index contributed by atoms with van der Waals surface area (Å²) >= 11 is 0. The molecule has 0 aromatic heterocycles. The van der Waals surface area contributed by atoms with Crippen molar-refractivity contribution in [3.8, 4) is 11.5 Å². The van der Waals surface area contributed by atoms with E-state index >= 15 is 0 Å². The number of aryl methyl sites for hydroxylation is 4. The van der Waals surface area contributed by atoms with Gasteiger partial charge in [-0.1, -0.05) is 48.5 Å². The molecule has 2 nitrogen and oxygen atoms in total. The van der Waals surface area contributed by atoms with E-state index in [1.807, 2.05) is 24.3 Å². The third kappa shape index (κ3) is 5.46. The second-order valence-corrected chi connectivity index (χ2v) is 9.27. The van der Waals surface area contributed by atoms with Crippen molar-refractivity contribution in [3.63, 3.8) is 0 Å². The molecule has 0 bridgehead atoms. The minimum Gasteiger partial charge on any atom is -0.508 e. The summed E-state index contributed by atoms with van der Waals surface area (Å²) in [6, 6.07) is 24.3. The highest BCUT2D eigenvalue weighted by Gasteiger charge is 2.11. The lowest BCUT2D eigenvalue weighted by Crippen LogP contribution is -2.02. The van der Waals surface area contributed by atoms with Crippen molar-refractivity contribution in [2.24, 2.45) is 0 Å². The summed E-state index contributed by atoms with van der Waals surface area (Å²) in [7, 11) is 0. The molecular formula is C31H32O2. The Morgan fingerprint density at radius 2 is 0.727 bits per heavy atom. The summed E-state index contributed by atoms with van der Waals surface area (Å²) in [6.45, 7) is 8.76. The highest BCUT2D eigenvalue weighted by Crippen LogP contribution is 2.26. The van der Waals surface area contributed by atoms with Gasteiger partial charge in [-0.25, -0.2) is 0 Å². The van der Waals surface area contributed by atoms with E-state index < -0.39 is 0 Å². The van der Waals surface area contributed by atoms with Gasteiger partial charge in [-0.05, 0) is 127 Å². The molecule has 0 aliphatic rings. The number of benzene rings is 4. The van der Waals surface area contributed by atoms with Gasteiger partial charge in [0.1, 0.15) is 11.5 Å². The van der Waals surface area contributed by atoms with Crippen LogP contribution in [0, 0.1) is 27.7 Å². The van der Waals surface area contributed by atoms with E-state index in [0.717, 1.165) is 19.3 Å². The van der Waals surface area contributed by atoms with Crippen LogP contribution in [-0.4, -0.2) is 10.2 Å². The minimum atomic E-state index is 0.304. The van der Waals surface area contributed by atoms with Crippen LogP contribution in [0.15, 0.2) is 72.8 Å². The number of hydrogen-bond donors (Lipinski definition) is 2. The first-order valence-electron chi connectivity index (χ1n) is 11.5. The first kappa shape index (κ1) is 22.7. The van der Waals surface area contributed by atoms with Crippen molar-refractivity contribution in [2.45, 2.75) is 47.0 Å². The van der Waals surface area contributed by atoms with Crippen LogP contribution in [0.1, 0.15) is 55.6 Å². The Hall–Kier alpha value is -3.52. The number of hydrogen-bond acceptors (Lipinski definition) is 2. The van der Waals surface area contributed by atoms with Gasteiger partial charge in [0.25, 0.3) is 0 Å². The van der Waals surface area contributed by atoms with Crippen molar-refractivity contribution in [1.82, 2.24) is 0 Å². The summed E-state index contributed by atoms with van der Waals surface area (Å²) in [5, 5.41) is 19.2. The van der Waals surface area contributed by atoms with Crippen LogP contribution in [0.2, 0.25) is 0 Å². The number of phenolic OH excluding ortho intramolecular Hbond substituents is 2. The summed E-state index contributed by atoms with van der Waals surface area (Å²) < 4.78 is 0. The molecule has 2 N–H and O–H groups in total. The first-order chi connectivity index (χ1) is 15.8. The number of rotatable bonds is 6. The van der Waals surface area contributed by atoms with Gasteiger partial charge in [0, 0.05) is 0 Å². The highest BCUT2D eigenvalue weighted by atomic mass is 16.3. The average Bonchev–Trinajstić information content (AvgIpc) is 2.77. The third-order valence-corrected chi connectivity index (χ3v) is 6.63. The summed E-state index contributed by atoms with van der Waals surface area (Å²) in [4.78, 5) is 0. The van der Waals surface area contributed by atoms with Crippen LogP contribution in [0.5, 0.6) is 11.5 Å². The SMILES string of the molecule is Cc1cc(C)c(Cc2cc(Cc3ccc(O)cc3)c(C)cc2C)cc1Cc1ccc(O)cc1. The third-order valence-electron chi connectivity index (χ3n) is 6.63. The molecular weight excluding hydrogens is 404 g/mol. The van der Waals surface area contributed by atoms with E-state index in [-0.39, 0.29) is 0 Å². The highest BCUT2D eigenvalue weighted by molar-refractivity contribution is 5.46. The smallest absolute Gasteiger partial charge is 0.115 e. The van der Waals surface area contributed by atoms with E-state index in [1.54, 1.807) is 24.3 Å². The van der Waals surface area contributed by atoms with Crippen LogP contribution in [-0.2, 0) is 19.3 Å². The van der Waals surface area contributed by atoms with Crippen molar-refractivity contribution < 1.29 is 10.2 Å². The Balaban J connectivity index is 1.62. The standard InChI is InChI=1S/C31H32O2/c1-20-13-22(3)28(17-26(20)15-24-5-9-30(32)10-6-24)19-29-18-27(21(2)14-23(29)4)16-25-7-11-31(33)12-8-25/h5-14,17-18,32-33H,15-16,19H2,1-4H3. The number of phenols is 2. The second-order valence-electron chi connectivity index (χ2n) is 9.27. The van der Waals surface area contributed by atoms with Crippen LogP contribution in [0.4, 0.5) is 0 Å². The Morgan fingerprint density at radius 3 is 1.06 bits per heavy atom. The van der Waals surface area contributed by atoms with Crippen molar-refractivity contribution in [3.05, 3.63) is 128 Å². The lowest BCUT2D eigenvalue weighted by molar-refractivity contribution is 0.474. The second kappa shape index (κ2) is 9.54. The van der Waals surface area contributed by atoms with Gasteiger partial charge in [-0.15, -0.1) is 0 Å². The molecule has 0 heterocycles. The van der Waals surface area contributed by atoms with E-state index in [4.69, 9.17) is 0 Å². The van der Waals surface area contributed by atoms with Crippen molar-refractivity contribution in [2.75, 3.05) is 0 Å². The molecule has 0 spiro atoms. The number of aromatic hydroxyl groups is 2. The molecule has 0 saturated heterocycles. The van der Waals surface area contributed by atoms with E-state index in [1.165, 1.54) is 55.6 Å². The maximum Gasteiger partial charge on any atom is 0.115 e. The molecule has 0 saturated carbocycles. The molecule has 0 atom stereocenters. The zero-order valence-corrected chi connectivity index (χ0v) is 19.9. The zero-order chi connectivity index (χ0) is 23.5. The molecule has 4 rings (SSSR count). The average molecular weight is 437 g/mol. The summed E-state index contributed by atoms with van der Waals surface area (Å²) in [6.07, 6.45) is 2.63. The van der Waals surface area contributed by atoms with Gasteiger partial charge in [0.15, 0.2) is 0 Å². The maximum atomic E-state index is 9.58. The largest absolute Gasteiger partial charge is 0.508 e. The molecule has 168 valence electrons. The molecule has 0 amide bonds. The monoisotopic (exact) mass is 436 g/mol. The Morgan fingerprint density at radius 1 is 0.424 bits per heavy atom. The fourth-order valence-electron chi connectivity index (χ4n) is 4.53. The topological polar surface area (TPSA) is 40.5 Å². The summed E-state index contributed by atoms with van der Waals surface area (Å²) in [5.41, 5.74) is 13.0. The maximum absolute atomic E-state index is 9.58. The summed E-state index contributed by atoms with van der Waals surface area (Å²) in [5.74, 6) is 0.607. The van der Waals surface area contributed by atoms with Crippen LogP contribution in [0.3, 0.4) is 0 Å². The van der Waals surface area contributed by atoms with Crippen molar-refractivity contribution >= 4 is 0 Å². The lowest BCUT2D eigenvalue weighted by atomic mass is 9.89. The quantitative estimate of drug-likeness (QED) is 0.338. The van der Waals surface area contributed by atoms with Gasteiger partial charge < -0.3 is 10.2 Å². The van der Waals surface area contributed by atoms with Crippen molar-refractivity contribution in [1.29, 1.82) is 0 Å². The minimum absolute atomic E-state index is 0.304. The fraction of sp³-hybridized carbons (Fsp3) is 0.226. The molecule has 2 heteroatoms. The molecule has 0 fully saturated rings. The van der Waals surface area contributed by atoms with E-state index in [9.17, 15) is 10.2 Å². The van der Waals surface area contributed by atoms with Gasteiger partial charge in [0.05, 0.1) is 0 Å². The first-order valence-corrected chi connectivity index (χ1v) is 11.5. The molecule has 0 radical (unpaired) electrons. The molecule has 0 unspecified atom stereocenters. The molecule has 33 heavy (non-hydrogen) atoms. The van der Waals surface area contributed by atoms with E-state index in [0.29, 0.717) is 11.5 Å². The van der Waals surface area contributed by atoms with E-state index in [2.05, 4.69) is 52.0 Å². The predicted molar refractivity (Wildman–Crippen MR) is 136 cm³/mol. The molecule has 0 aliphatic carbocycles. The van der Waals surface area contributed by atoms with Gasteiger partial charge in [0.2, 0.25) is 0 Å². The predicted octanol–water partition coefficient (Wildman–Crippen LogP) is 7.10. The lowest BCUT2D eigenvalue weighted by Gasteiger charge is -2.16. The Kier molecular flexibility index (Phi) is 6.55. The zero-order valence-electron chi connectivity index (χ0n) is 19.9. The van der Waals surface area contributed by atoms with Gasteiger partial charge in [-0.3, -0.25) is 0 Å². The fourth-order valence-corrected chi connectivity index (χ4v) is 4.53. The molecule has 0 aliphatic heterocycles. The van der Waals surface area contributed by atoms with Gasteiger partial charge >= 0.3 is 0 Å². The van der Waals surface area contributed by atoms with Gasteiger partial charge in [-0.2, -0.15) is 0 Å².